The lowest BCUT2D eigenvalue weighted by Gasteiger charge is -2.30. The van der Waals surface area contributed by atoms with Crippen LogP contribution in [-0.4, -0.2) is 52.7 Å². The molecule has 1 unspecified atom stereocenters. The summed E-state index contributed by atoms with van der Waals surface area (Å²) in [5.41, 5.74) is 6.98. The zero-order valence-corrected chi connectivity index (χ0v) is 10.2. The molecule has 94 valence electrons. The molecule has 6 heteroatoms. The molecule has 6 nitrogen and oxygen atoms in total. The first kappa shape index (κ1) is 11.0. The van der Waals surface area contributed by atoms with Crippen molar-refractivity contribution in [3.8, 4) is 0 Å². The van der Waals surface area contributed by atoms with Gasteiger partial charge >= 0.3 is 0 Å². The fourth-order valence-corrected chi connectivity index (χ4v) is 2.42. The van der Waals surface area contributed by atoms with Crippen LogP contribution in [0.3, 0.4) is 0 Å². The Bertz CT molecular complexity index is 401. The maximum atomic E-state index is 5.87. The smallest absolute Gasteiger partial charge is 0.169 e. The Kier molecular flexibility index (Phi) is 2.76. The second-order valence-electron chi connectivity index (χ2n) is 5.07. The van der Waals surface area contributed by atoms with Crippen molar-refractivity contribution in [2.75, 3.05) is 32.5 Å². The van der Waals surface area contributed by atoms with Gasteiger partial charge in [0.05, 0.1) is 24.9 Å². The van der Waals surface area contributed by atoms with Gasteiger partial charge in [-0.25, -0.2) is 4.68 Å². The Labute approximate surface area is 101 Å². The van der Waals surface area contributed by atoms with Crippen LogP contribution in [0.2, 0.25) is 0 Å². The third-order valence-corrected chi connectivity index (χ3v) is 3.48. The summed E-state index contributed by atoms with van der Waals surface area (Å²) in [6.45, 7) is 3.51. The van der Waals surface area contributed by atoms with Gasteiger partial charge in [0.25, 0.3) is 0 Å². The number of likely N-dealkylation sites (N-methyl/N-ethyl adjacent to an activating group) is 1. The number of rotatable bonds is 3. The number of ether oxygens (including phenoxy) is 1. The standard InChI is InChI=1S/C11H19N5O/c1-15-4-5-17-9(6-15)7-16-10(8-2-3-8)11(12)13-14-16/h8-9H,2-7,12H2,1H3. The number of hydrogen-bond donors (Lipinski definition) is 1. The van der Waals surface area contributed by atoms with Crippen LogP contribution < -0.4 is 5.73 Å². The molecule has 2 fully saturated rings. The van der Waals surface area contributed by atoms with Crippen molar-refractivity contribution in [1.82, 2.24) is 19.9 Å². The Hall–Kier alpha value is -1.14. The van der Waals surface area contributed by atoms with Crippen LogP contribution >= 0.6 is 0 Å². The molecule has 0 amide bonds. The van der Waals surface area contributed by atoms with Gasteiger partial charge in [0, 0.05) is 19.0 Å². The molecule has 1 saturated heterocycles. The predicted octanol–water partition coefficient (Wildman–Crippen LogP) is 0.0683. The minimum atomic E-state index is 0.201. The third kappa shape index (κ3) is 2.28. The Morgan fingerprint density at radius 2 is 2.29 bits per heavy atom. The highest BCUT2D eigenvalue weighted by Gasteiger charge is 2.31. The summed E-state index contributed by atoms with van der Waals surface area (Å²) < 4.78 is 7.69. The molecule has 0 aromatic carbocycles. The topological polar surface area (TPSA) is 69.2 Å². The van der Waals surface area contributed by atoms with Gasteiger partial charge in [-0.2, -0.15) is 0 Å². The molecule has 1 aromatic rings. The minimum absolute atomic E-state index is 0.201. The van der Waals surface area contributed by atoms with Crippen LogP contribution in [0.15, 0.2) is 0 Å². The van der Waals surface area contributed by atoms with Gasteiger partial charge in [-0.3, -0.25) is 0 Å². The van der Waals surface area contributed by atoms with Gasteiger partial charge in [0.15, 0.2) is 5.82 Å². The molecule has 1 aliphatic heterocycles. The summed E-state index contributed by atoms with van der Waals surface area (Å²) >= 11 is 0. The summed E-state index contributed by atoms with van der Waals surface area (Å²) in [7, 11) is 2.12. The van der Waals surface area contributed by atoms with Crippen molar-refractivity contribution in [2.45, 2.75) is 31.4 Å². The van der Waals surface area contributed by atoms with Crippen molar-refractivity contribution >= 4 is 5.82 Å². The summed E-state index contributed by atoms with van der Waals surface area (Å²) in [4.78, 5) is 2.28. The molecule has 1 atom stereocenters. The Morgan fingerprint density at radius 1 is 1.47 bits per heavy atom. The average Bonchev–Trinajstić information content (AvgIpc) is 3.05. The number of aromatic nitrogens is 3. The first-order chi connectivity index (χ1) is 8.24. The van der Waals surface area contributed by atoms with Crippen LogP contribution in [0.1, 0.15) is 24.5 Å². The van der Waals surface area contributed by atoms with E-state index in [4.69, 9.17) is 10.5 Å². The molecular weight excluding hydrogens is 218 g/mol. The van der Waals surface area contributed by atoms with E-state index in [0.717, 1.165) is 31.9 Å². The van der Waals surface area contributed by atoms with Gasteiger partial charge in [0.1, 0.15) is 0 Å². The van der Waals surface area contributed by atoms with E-state index in [1.54, 1.807) is 0 Å². The Morgan fingerprint density at radius 3 is 3.00 bits per heavy atom. The highest BCUT2D eigenvalue weighted by Crippen LogP contribution is 2.41. The van der Waals surface area contributed by atoms with Crippen molar-refractivity contribution in [2.24, 2.45) is 0 Å². The normalized spacial score (nSPS) is 26.3. The van der Waals surface area contributed by atoms with Crippen molar-refractivity contribution in [3.63, 3.8) is 0 Å². The number of morpholine rings is 1. The van der Waals surface area contributed by atoms with Crippen LogP contribution in [0, 0.1) is 0 Å². The maximum Gasteiger partial charge on any atom is 0.169 e. The molecule has 17 heavy (non-hydrogen) atoms. The van der Waals surface area contributed by atoms with Gasteiger partial charge < -0.3 is 15.4 Å². The molecule has 1 aliphatic carbocycles. The second-order valence-corrected chi connectivity index (χ2v) is 5.07. The van der Waals surface area contributed by atoms with E-state index in [2.05, 4.69) is 22.3 Å². The van der Waals surface area contributed by atoms with E-state index >= 15 is 0 Å². The van der Waals surface area contributed by atoms with E-state index < -0.39 is 0 Å². The quantitative estimate of drug-likeness (QED) is 0.805. The lowest BCUT2D eigenvalue weighted by molar-refractivity contribution is -0.0296. The fraction of sp³-hybridized carbons (Fsp3) is 0.818. The van der Waals surface area contributed by atoms with E-state index in [1.807, 2.05) is 4.68 Å². The molecule has 0 radical (unpaired) electrons. The molecule has 3 rings (SSSR count). The summed E-state index contributed by atoms with van der Waals surface area (Å²) in [6, 6.07) is 0. The monoisotopic (exact) mass is 237 g/mol. The SMILES string of the molecule is CN1CCOC(Cn2nnc(N)c2C2CC2)C1. The van der Waals surface area contributed by atoms with Crippen molar-refractivity contribution in [1.29, 1.82) is 0 Å². The molecule has 2 aliphatic rings. The van der Waals surface area contributed by atoms with Crippen LogP contribution in [0.25, 0.3) is 0 Å². The molecular formula is C11H19N5O. The Balaban J connectivity index is 1.71. The van der Waals surface area contributed by atoms with Crippen molar-refractivity contribution in [3.05, 3.63) is 5.69 Å². The van der Waals surface area contributed by atoms with Crippen LogP contribution in [0.4, 0.5) is 5.82 Å². The summed E-state index contributed by atoms with van der Waals surface area (Å²) in [5.74, 6) is 1.17. The number of nitrogens with zero attached hydrogens (tertiary/aromatic N) is 4. The maximum absolute atomic E-state index is 5.87. The zero-order chi connectivity index (χ0) is 11.8. The lowest BCUT2D eigenvalue weighted by Crippen LogP contribution is -2.42. The van der Waals surface area contributed by atoms with E-state index in [1.165, 1.54) is 12.8 Å². The summed E-state index contributed by atoms with van der Waals surface area (Å²) in [5, 5.41) is 8.12. The predicted molar refractivity (Wildman–Crippen MR) is 63.6 cm³/mol. The van der Waals surface area contributed by atoms with E-state index in [9.17, 15) is 0 Å². The number of nitrogens with two attached hydrogens (primary N) is 1. The van der Waals surface area contributed by atoms with Crippen LogP contribution in [-0.2, 0) is 11.3 Å². The van der Waals surface area contributed by atoms with Crippen molar-refractivity contribution < 1.29 is 4.74 Å². The van der Waals surface area contributed by atoms with Gasteiger partial charge in [-0.15, -0.1) is 5.10 Å². The number of anilines is 1. The lowest BCUT2D eigenvalue weighted by atomic mass is 10.2. The molecule has 2 N–H and O–H groups in total. The molecule has 1 aromatic heterocycles. The largest absolute Gasteiger partial charge is 0.381 e. The van der Waals surface area contributed by atoms with Crippen LogP contribution in [0.5, 0.6) is 0 Å². The molecule has 1 saturated carbocycles. The van der Waals surface area contributed by atoms with Gasteiger partial charge in [0.2, 0.25) is 0 Å². The zero-order valence-electron chi connectivity index (χ0n) is 10.2. The average molecular weight is 237 g/mol. The highest BCUT2D eigenvalue weighted by atomic mass is 16.5. The fourth-order valence-electron chi connectivity index (χ4n) is 2.42. The minimum Gasteiger partial charge on any atom is -0.381 e. The number of hydrogen-bond acceptors (Lipinski definition) is 5. The summed E-state index contributed by atoms with van der Waals surface area (Å²) in [6.07, 6.45) is 2.62. The van der Waals surface area contributed by atoms with E-state index in [-0.39, 0.29) is 6.10 Å². The third-order valence-electron chi connectivity index (χ3n) is 3.48. The first-order valence-electron chi connectivity index (χ1n) is 6.23. The second kappa shape index (κ2) is 4.27. The number of nitrogen functional groups attached to an aromatic ring is 1. The van der Waals surface area contributed by atoms with Gasteiger partial charge in [-0.1, -0.05) is 5.21 Å². The van der Waals surface area contributed by atoms with E-state index in [0.29, 0.717) is 11.7 Å². The molecule has 0 spiro atoms. The van der Waals surface area contributed by atoms with Gasteiger partial charge in [-0.05, 0) is 19.9 Å². The molecule has 2 heterocycles. The first-order valence-corrected chi connectivity index (χ1v) is 6.23. The molecule has 0 bridgehead atoms. The highest BCUT2D eigenvalue weighted by molar-refractivity contribution is 5.38.